The molecule has 2 fully saturated rings. The van der Waals surface area contributed by atoms with E-state index < -0.39 is 0 Å². The van der Waals surface area contributed by atoms with Crippen LogP contribution in [0.25, 0.3) is 0 Å². The summed E-state index contributed by atoms with van der Waals surface area (Å²) in [7, 11) is 0. The van der Waals surface area contributed by atoms with Gasteiger partial charge in [-0.1, -0.05) is 12.8 Å². The van der Waals surface area contributed by atoms with Gasteiger partial charge in [0.25, 0.3) is 0 Å². The van der Waals surface area contributed by atoms with Gasteiger partial charge in [0, 0.05) is 19.5 Å². The highest BCUT2D eigenvalue weighted by molar-refractivity contribution is 5.87. The number of carbonyl (C=O) groups is 3. The first-order chi connectivity index (χ1) is 10.1. The molecule has 2 rings (SSSR count). The molecule has 1 atom stereocenters. The molecule has 2 N–H and O–H groups in total. The van der Waals surface area contributed by atoms with Crippen molar-refractivity contribution in [3.8, 4) is 0 Å². The molecule has 0 aromatic heterocycles. The highest BCUT2D eigenvalue weighted by Crippen LogP contribution is 2.35. The van der Waals surface area contributed by atoms with Crippen molar-refractivity contribution in [2.45, 2.75) is 51.5 Å². The van der Waals surface area contributed by atoms with Gasteiger partial charge in [0.05, 0.1) is 13.1 Å². The third-order valence-corrected chi connectivity index (χ3v) is 4.50. The summed E-state index contributed by atoms with van der Waals surface area (Å²) in [6, 6.07) is 0.368. The van der Waals surface area contributed by atoms with Crippen molar-refractivity contribution in [1.29, 1.82) is 0 Å². The van der Waals surface area contributed by atoms with Gasteiger partial charge in [-0.05, 0) is 31.6 Å². The van der Waals surface area contributed by atoms with Crippen molar-refractivity contribution in [2.75, 3.05) is 19.6 Å². The van der Waals surface area contributed by atoms with Crippen molar-refractivity contribution in [2.24, 2.45) is 5.92 Å². The fourth-order valence-corrected chi connectivity index (χ4v) is 3.48. The third kappa shape index (κ3) is 4.44. The number of nitrogens with one attached hydrogen (secondary N) is 2. The van der Waals surface area contributed by atoms with Gasteiger partial charge >= 0.3 is 0 Å². The summed E-state index contributed by atoms with van der Waals surface area (Å²) >= 11 is 0. The van der Waals surface area contributed by atoms with Crippen LogP contribution in [0.15, 0.2) is 0 Å². The second-order valence-corrected chi connectivity index (χ2v) is 6.03. The molecular weight excluding hydrogens is 270 g/mol. The van der Waals surface area contributed by atoms with Gasteiger partial charge < -0.3 is 15.5 Å². The smallest absolute Gasteiger partial charge is 0.242 e. The highest BCUT2D eigenvalue weighted by Gasteiger charge is 2.35. The molecular formula is C15H25N3O3. The third-order valence-electron chi connectivity index (χ3n) is 4.50. The molecule has 1 aliphatic carbocycles. The molecule has 6 heteroatoms. The minimum Gasteiger partial charge on any atom is -0.347 e. The summed E-state index contributed by atoms with van der Waals surface area (Å²) in [5.74, 6) is 0.0691. The van der Waals surface area contributed by atoms with Crippen LogP contribution in [-0.2, 0) is 14.4 Å². The van der Waals surface area contributed by atoms with Crippen LogP contribution >= 0.6 is 0 Å². The second kappa shape index (κ2) is 7.43. The number of hydrogen-bond donors (Lipinski definition) is 2. The molecule has 0 radical (unpaired) electrons. The van der Waals surface area contributed by atoms with E-state index in [-0.39, 0.29) is 30.8 Å². The summed E-state index contributed by atoms with van der Waals surface area (Å²) in [4.78, 5) is 36.5. The molecule has 1 saturated heterocycles. The van der Waals surface area contributed by atoms with Gasteiger partial charge in [-0.25, -0.2) is 0 Å². The van der Waals surface area contributed by atoms with Crippen LogP contribution in [0.2, 0.25) is 0 Å². The lowest BCUT2D eigenvalue weighted by Crippen LogP contribution is -2.46. The Kier molecular flexibility index (Phi) is 5.59. The second-order valence-electron chi connectivity index (χ2n) is 6.03. The average Bonchev–Trinajstić information content (AvgIpc) is 3.11. The molecule has 0 bridgehead atoms. The van der Waals surface area contributed by atoms with Crippen LogP contribution in [0, 0.1) is 5.92 Å². The van der Waals surface area contributed by atoms with Crippen molar-refractivity contribution < 1.29 is 14.4 Å². The van der Waals surface area contributed by atoms with Crippen molar-refractivity contribution in [3.63, 3.8) is 0 Å². The predicted octanol–water partition coefficient (Wildman–Crippen LogP) is 0.420. The van der Waals surface area contributed by atoms with E-state index in [1.165, 1.54) is 32.6 Å². The Morgan fingerprint density at radius 2 is 1.71 bits per heavy atom. The number of rotatable bonds is 5. The molecule has 1 heterocycles. The molecule has 0 aromatic rings. The molecule has 1 unspecified atom stereocenters. The Labute approximate surface area is 125 Å². The van der Waals surface area contributed by atoms with Crippen LogP contribution in [0.5, 0.6) is 0 Å². The molecule has 21 heavy (non-hydrogen) atoms. The lowest BCUT2D eigenvalue weighted by molar-refractivity contribution is -0.134. The maximum atomic E-state index is 12.3. The van der Waals surface area contributed by atoms with E-state index >= 15 is 0 Å². The van der Waals surface area contributed by atoms with Crippen LogP contribution in [0.4, 0.5) is 0 Å². The lowest BCUT2D eigenvalue weighted by Gasteiger charge is -2.29. The van der Waals surface area contributed by atoms with Gasteiger partial charge in [-0.3, -0.25) is 14.4 Å². The van der Waals surface area contributed by atoms with Crippen molar-refractivity contribution >= 4 is 17.7 Å². The summed E-state index contributed by atoms with van der Waals surface area (Å²) in [5.41, 5.74) is 0. The van der Waals surface area contributed by atoms with Crippen LogP contribution in [0.1, 0.15) is 45.4 Å². The number of amides is 3. The zero-order valence-corrected chi connectivity index (χ0v) is 12.7. The zero-order chi connectivity index (χ0) is 15.2. The first-order valence-electron chi connectivity index (χ1n) is 7.88. The number of hydrogen-bond acceptors (Lipinski definition) is 3. The molecule has 1 aliphatic heterocycles. The van der Waals surface area contributed by atoms with Crippen molar-refractivity contribution in [1.82, 2.24) is 15.5 Å². The van der Waals surface area contributed by atoms with Gasteiger partial charge in [-0.15, -0.1) is 0 Å². The predicted molar refractivity (Wildman–Crippen MR) is 78.4 cm³/mol. The summed E-state index contributed by atoms with van der Waals surface area (Å²) in [6.45, 7) is 2.12. The Hall–Kier alpha value is -1.59. The Morgan fingerprint density at radius 1 is 1.00 bits per heavy atom. The van der Waals surface area contributed by atoms with E-state index in [1.807, 2.05) is 4.90 Å². The van der Waals surface area contributed by atoms with Gasteiger partial charge in [-0.2, -0.15) is 0 Å². The minimum atomic E-state index is -0.324. The summed E-state index contributed by atoms with van der Waals surface area (Å²) < 4.78 is 0. The standard InChI is InChI=1S/C15H25N3O3/c1-11(19)16-9-14(20)17-10-15(21)18-8-4-7-13(18)12-5-2-3-6-12/h12-13H,2-10H2,1H3,(H,16,19)(H,17,20). The van der Waals surface area contributed by atoms with E-state index in [2.05, 4.69) is 10.6 Å². The Balaban J connectivity index is 1.76. The average molecular weight is 295 g/mol. The van der Waals surface area contributed by atoms with Gasteiger partial charge in [0.15, 0.2) is 0 Å². The maximum absolute atomic E-state index is 12.3. The molecule has 3 amide bonds. The minimum absolute atomic E-state index is 0.000532. The van der Waals surface area contributed by atoms with E-state index in [4.69, 9.17) is 0 Å². The molecule has 0 aromatic carbocycles. The first kappa shape index (κ1) is 15.8. The Morgan fingerprint density at radius 3 is 2.38 bits per heavy atom. The topological polar surface area (TPSA) is 78.5 Å². The fourth-order valence-electron chi connectivity index (χ4n) is 3.48. The maximum Gasteiger partial charge on any atom is 0.242 e. The lowest BCUT2D eigenvalue weighted by atomic mass is 9.96. The van der Waals surface area contributed by atoms with E-state index in [0.29, 0.717) is 12.0 Å². The number of nitrogens with zero attached hydrogens (tertiary/aromatic N) is 1. The molecule has 2 aliphatic rings. The molecule has 1 saturated carbocycles. The first-order valence-corrected chi connectivity index (χ1v) is 7.88. The number of carbonyl (C=O) groups excluding carboxylic acids is 3. The van der Waals surface area contributed by atoms with E-state index in [1.54, 1.807) is 0 Å². The highest BCUT2D eigenvalue weighted by atomic mass is 16.2. The fraction of sp³-hybridized carbons (Fsp3) is 0.800. The molecule has 118 valence electrons. The largest absolute Gasteiger partial charge is 0.347 e. The number of likely N-dealkylation sites (tertiary alicyclic amines) is 1. The molecule has 0 spiro atoms. The van der Waals surface area contributed by atoms with Crippen LogP contribution in [-0.4, -0.2) is 48.3 Å². The quantitative estimate of drug-likeness (QED) is 0.771. The van der Waals surface area contributed by atoms with Crippen molar-refractivity contribution in [3.05, 3.63) is 0 Å². The monoisotopic (exact) mass is 295 g/mol. The van der Waals surface area contributed by atoms with Crippen LogP contribution in [0.3, 0.4) is 0 Å². The van der Waals surface area contributed by atoms with E-state index in [0.717, 1.165) is 19.4 Å². The molecule has 6 nitrogen and oxygen atoms in total. The Bertz CT molecular complexity index is 405. The van der Waals surface area contributed by atoms with Gasteiger partial charge in [0.2, 0.25) is 17.7 Å². The van der Waals surface area contributed by atoms with E-state index in [9.17, 15) is 14.4 Å². The van der Waals surface area contributed by atoms with Crippen LogP contribution < -0.4 is 10.6 Å². The zero-order valence-electron chi connectivity index (χ0n) is 12.7. The normalized spacial score (nSPS) is 22.3. The summed E-state index contributed by atoms with van der Waals surface area (Å²) in [6.07, 6.45) is 7.16. The summed E-state index contributed by atoms with van der Waals surface area (Å²) in [5, 5.41) is 5.00. The SMILES string of the molecule is CC(=O)NCC(=O)NCC(=O)N1CCCC1C1CCCC1. The van der Waals surface area contributed by atoms with Gasteiger partial charge in [0.1, 0.15) is 0 Å².